The molecule has 0 aliphatic carbocycles. The maximum absolute atomic E-state index is 11.3. The second-order valence-electron chi connectivity index (χ2n) is 3.09. The van der Waals surface area contributed by atoms with E-state index in [-0.39, 0.29) is 0 Å². The molecule has 0 radical (unpaired) electrons. The van der Waals surface area contributed by atoms with Crippen molar-refractivity contribution in [1.29, 1.82) is 0 Å². The molecular formula is C10H14BrNO2S. The van der Waals surface area contributed by atoms with Gasteiger partial charge in [0.1, 0.15) is 6.04 Å². The zero-order valence-electron chi connectivity index (χ0n) is 8.74. The van der Waals surface area contributed by atoms with Crippen molar-refractivity contribution in [3.8, 4) is 0 Å². The summed E-state index contributed by atoms with van der Waals surface area (Å²) < 4.78 is 0.881. The zero-order valence-corrected chi connectivity index (χ0v) is 11.1. The Morgan fingerprint density at radius 2 is 2.20 bits per heavy atom. The topological polar surface area (TPSA) is 40.5 Å². The first-order valence-electron chi connectivity index (χ1n) is 4.81. The third-order valence-electron chi connectivity index (χ3n) is 2.30. The highest BCUT2D eigenvalue weighted by Crippen LogP contribution is 2.32. The fourth-order valence-electron chi connectivity index (χ4n) is 1.52. The van der Waals surface area contributed by atoms with Gasteiger partial charge in [0.2, 0.25) is 0 Å². The first kappa shape index (κ1) is 12.7. The van der Waals surface area contributed by atoms with Crippen molar-refractivity contribution < 1.29 is 9.90 Å². The van der Waals surface area contributed by atoms with Crippen molar-refractivity contribution in [3.63, 3.8) is 0 Å². The molecule has 0 amide bonds. The van der Waals surface area contributed by atoms with Crippen LogP contribution in [-0.4, -0.2) is 29.1 Å². The van der Waals surface area contributed by atoms with Crippen LogP contribution < -0.4 is 0 Å². The van der Waals surface area contributed by atoms with Gasteiger partial charge in [0, 0.05) is 9.35 Å². The Morgan fingerprint density at radius 3 is 2.53 bits per heavy atom. The number of hydrogen-bond acceptors (Lipinski definition) is 3. The second-order valence-corrected chi connectivity index (χ2v) is 4.90. The third-order valence-corrected chi connectivity index (χ3v) is 4.23. The van der Waals surface area contributed by atoms with Crippen LogP contribution in [0.1, 0.15) is 24.8 Å². The molecule has 0 bridgehead atoms. The number of thiophene rings is 1. The average molecular weight is 292 g/mol. The molecule has 84 valence electrons. The summed E-state index contributed by atoms with van der Waals surface area (Å²) in [5.74, 6) is -0.790. The minimum atomic E-state index is -0.790. The molecular weight excluding hydrogens is 278 g/mol. The number of carbonyl (C=O) groups is 1. The normalized spacial score (nSPS) is 13.1. The molecule has 1 N–H and O–H groups in total. The Kier molecular flexibility index (Phi) is 4.76. The van der Waals surface area contributed by atoms with Gasteiger partial charge in [-0.2, -0.15) is 0 Å². The number of likely N-dealkylation sites (N-methyl/N-ethyl adjacent to an activating group) is 1. The minimum absolute atomic E-state index is 0.533. The molecule has 1 unspecified atom stereocenters. The fraction of sp³-hybridized carbons (Fsp3) is 0.500. The van der Waals surface area contributed by atoms with Gasteiger partial charge in [-0.25, -0.2) is 0 Å². The Labute approximate surface area is 102 Å². The lowest BCUT2D eigenvalue weighted by atomic mass is 10.2. The summed E-state index contributed by atoms with van der Waals surface area (Å²) in [5.41, 5.74) is 0. The van der Waals surface area contributed by atoms with Crippen LogP contribution >= 0.6 is 27.3 Å². The first-order valence-corrected chi connectivity index (χ1v) is 6.48. The summed E-state index contributed by atoms with van der Waals surface area (Å²) in [6, 6.07) is 1.36. The fourth-order valence-corrected chi connectivity index (χ4v) is 3.24. The van der Waals surface area contributed by atoms with Crippen molar-refractivity contribution >= 4 is 33.2 Å². The van der Waals surface area contributed by atoms with Crippen LogP contribution in [0.3, 0.4) is 0 Å². The number of aliphatic carboxylic acids is 1. The molecule has 0 saturated heterocycles. The number of rotatable bonds is 5. The van der Waals surface area contributed by atoms with Crippen LogP contribution in [0.4, 0.5) is 0 Å². The number of halogens is 1. The van der Waals surface area contributed by atoms with Crippen LogP contribution in [0.25, 0.3) is 0 Å². The predicted octanol–water partition coefficient (Wildman–Crippen LogP) is 2.98. The van der Waals surface area contributed by atoms with Gasteiger partial charge in [-0.15, -0.1) is 11.3 Å². The van der Waals surface area contributed by atoms with Gasteiger partial charge in [-0.3, -0.25) is 9.69 Å². The summed E-state index contributed by atoms with van der Waals surface area (Å²) in [7, 11) is 0. The van der Waals surface area contributed by atoms with E-state index in [0.29, 0.717) is 0 Å². The zero-order chi connectivity index (χ0) is 11.4. The van der Waals surface area contributed by atoms with E-state index in [1.54, 1.807) is 0 Å². The molecule has 0 spiro atoms. The van der Waals surface area contributed by atoms with E-state index in [0.717, 1.165) is 22.4 Å². The smallest absolute Gasteiger partial charge is 0.326 e. The van der Waals surface area contributed by atoms with Crippen molar-refractivity contribution in [2.75, 3.05) is 13.1 Å². The van der Waals surface area contributed by atoms with Crippen LogP contribution in [0, 0.1) is 0 Å². The lowest BCUT2D eigenvalue weighted by Gasteiger charge is -2.25. The third kappa shape index (κ3) is 2.80. The molecule has 1 aromatic rings. The van der Waals surface area contributed by atoms with Gasteiger partial charge in [0.05, 0.1) is 0 Å². The highest BCUT2D eigenvalue weighted by molar-refractivity contribution is 9.10. The van der Waals surface area contributed by atoms with E-state index in [9.17, 15) is 9.90 Å². The van der Waals surface area contributed by atoms with Crippen molar-refractivity contribution in [3.05, 3.63) is 20.8 Å². The molecule has 0 aromatic carbocycles. The molecule has 1 rings (SSSR count). The van der Waals surface area contributed by atoms with Crippen molar-refractivity contribution in [1.82, 2.24) is 4.90 Å². The summed E-state index contributed by atoms with van der Waals surface area (Å²) >= 11 is 4.86. The number of hydrogen-bond donors (Lipinski definition) is 1. The van der Waals surface area contributed by atoms with Gasteiger partial charge < -0.3 is 5.11 Å². The lowest BCUT2D eigenvalue weighted by Crippen LogP contribution is -2.33. The van der Waals surface area contributed by atoms with E-state index in [1.807, 2.05) is 30.2 Å². The number of carboxylic acids is 1. The highest BCUT2D eigenvalue weighted by Gasteiger charge is 2.28. The standard InChI is InChI=1S/C10H14BrNO2S/c1-3-12(4-2)8(10(13)14)9-7(11)5-6-15-9/h5-6,8H,3-4H2,1-2H3,(H,13,14). The Morgan fingerprint density at radius 1 is 1.60 bits per heavy atom. The van der Waals surface area contributed by atoms with Gasteiger partial charge >= 0.3 is 5.97 Å². The van der Waals surface area contributed by atoms with Crippen LogP contribution in [0.15, 0.2) is 15.9 Å². The predicted molar refractivity (Wildman–Crippen MR) is 65.3 cm³/mol. The largest absolute Gasteiger partial charge is 0.480 e. The van der Waals surface area contributed by atoms with E-state index < -0.39 is 12.0 Å². The highest BCUT2D eigenvalue weighted by atomic mass is 79.9. The van der Waals surface area contributed by atoms with Gasteiger partial charge in [-0.05, 0) is 40.5 Å². The molecule has 0 saturated carbocycles. The SMILES string of the molecule is CCN(CC)C(C(=O)O)c1sccc1Br. The second kappa shape index (κ2) is 5.63. The molecule has 0 aliphatic rings. The first-order chi connectivity index (χ1) is 7.11. The quantitative estimate of drug-likeness (QED) is 0.907. The van der Waals surface area contributed by atoms with E-state index in [1.165, 1.54) is 11.3 Å². The van der Waals surface area contributed by atoms with E-state index in [2.05, 4.69) is 15.9 Å². The van der Waals surface area contributed by atoms with Crippen LogP contribution in [0.2, 0.25) is 0 Å². The van der Waals surface area contributed by atoms with Crippen molar-refractivity contribution in [2.45, 2.75) is 19.9 Å². The molecule has 0 aliphatic heterocycles. The number of nitrogens with zero attached hydrogens (tertiary/aromatic N) is 1. The van der Waals surface area contributed by atoms with Crippen molar-refractivity contribution in [2.24, 2.45) is 0 Å². The molecule has 15 heavy (non-hydrogen) atoms. The van der Waals surface area contributed by atoms with Gasteiger partial charge in [0.25, 0.3) is 0 Å². The molecule has 5 heteroatoms. The van der Waals surface area contributed by atoms with E-state index >= 15 is 0 Å². The average Bonchev–Trinajstić information content (AvgIpc) is 2.60. The van der Waals surface area contributed by atoms with Crippen LogP contribution in [0.5, 0.6) is 0 Å². The van der Waals surface area contributed by atoms with E-state index in [4.69, 9.17) is 0 Å². The van der Waals surface area contributed by atoms with Gasteiger partial charge in [0.15, 0.2) is 0 Å². The van der Waals surface area contributed by atoms with Gasteiger partial charge in [-0.1, -0.05) is 13.8 Å². The summed E-state index contributed by atoms with van der Waals surface area (Å²) in [5, 5.41) is 11.1. The molecule has 3 nitrogen and oxygen atoms in total. The Hall–Kier alpha value is -0.390. The maximum Gasteiger partial charge on any atom is 0.326 e. The molecule has 1 heterocycles. The monoisotopic (exact) mass is 291 g/mol. The lowest BCUT2D eigenvalue weighted by molar-refractivity contribution is -0.143. The number of carboxylic acid groups (broad SMARTS) is 1. The Balaban J connectivity index is 3.03. The summed E-state index contributed by atoms with van der Waals surface area (Å²) in [6.45, 7) is 5.41. The summed E-state index contributed by atoms with van der Waals surface area (Å²) in [6.07, 6.45) is 0. The maximum atomic E-state index is 11.3. The molecule has 1 atom stereocenters. The minimum Gasteiger partial charge on any atom is -0.480 e. The Bertz CT molecular complexity index is 336. The molecule has 0 fully saturated rings. The van der Waals surface area contributed by atoms with Crippen LogP contribution in [-0.2, 0) is 4.79 Å². The molecule has 1 aromatic heterocycles. The summed E-state index contributed by atoms with van der Waals surface area (Å²) in [4.78, 5) is 14.0.